The Morgan fingerprint density at radius 1 is 1.00 bits per heavy atom. The first-order valence-corrected chi connectivity index (χ1v) is 7.56. The molecule has 2 heterocycles. The molecule has 0 bridgehead atoms. The fourth-order valence-electron chi connectivity index (χ4n) is 3.42. The van der Waals surface area contributed by atoms with E-state index in [1.54, 1.807) is 6.07 Å². The molecule has 1 aromatic heterocycles. The lowest BCUT2D eigenvalue weighted by atomic mass is 9.86. The van der Waals surface area contributed by atoms with Gasteiger partial charge in [-0.2, -0.15) is 0 Å². The van der Waals surface area contributed by atoms with Crippen LogP contribution in [0.25, 0.3) is 11.0 Å². The maximum absolute atomic E-state index is 14.1. The van der Waals surface area contributed by atoms with Gasteiger partial charge in [0.05, 0.1) is 17.6 Å². The number of fused-ring (bicyclic) bond motifs is 3. The molecule has 1 aliphatic rings. The molecule has 0 spiro atoms. The van der Waals surface area contributed by atoms with Gasteiger partial charge in [0.15, 0.2) is 11.6 Å². The summed E-state index contributed by atoms with van der Waals surface area (Å²) in [7, 11) is 0. The zero-order valence-corrected chi connectivity index (χ0v) is 12.6. The Bertz CT molecular complexity index is 951. The summed E-state index contributed by atoms with van der Waals surface area (Å²) in [4.78, 5) is 4.45. The van der Waals surface area contributed by atoms with Gasteiger partial charge < -0.3 is 10.3 Å². The Hall–Kier alpha value is -2.41. The van der Waals surface area contributed by atoms with E-state index >= 15 is 0 Å². The van der Waals surface area contributed by atoms with Crippen molar-refractivity contribution in [2.45, 2.75) is 24.9 Å². The van der Waals surface area contributed by atoms with Crippen LogP contribution < -0.4 is 5.73 Å². The summed E-state index contributed by atoms with van der Waals surface area (Å²) in [5.41, 5.74) is 5.43. The van der Waals surface area contributed by atoms with Gasteiger partial charge >= 0.3 is 0 Å². The Morgan fingerprint density at radius 3 is 2.54 bits per heavy atom. The van der Waals surface area contributed by atoms with Crippen molar-refractivity contribution in [2.75, 3.05) is 0 Å². The molecule has 0 amide bonds. The molecule has 2 aromatic carbocycles. The number of rotatable bonds is 1. The molecule has 0 aliphatic carbocycles. The molecule has 0 saturated carbocycles. The van der Waals surface area contributed by atoms with Crippen LogP contribution in [0.4, 0.5) is 17.6 Å². The molecule has 0 fully saturated rings. The highest BCUT2D eigenvalue weighted by atomic mass is 19.2. The summed E-state index contributed by atoms with van der Waals surface area (Å²) in [6, 6.07) is 5.49. The number of aromatic nitrogens is 2. The summed E-state index contributed by atoms with van der Waals surface area (Å²) in [5, 5.41) is 0. The second kappa shape index (κ2) is 5.31. The van der Waals surface area contributed by atoms with Gasteiger partial charge in [0.2, 0.25) is 0 Å². The molecule has 3 aromatic rings. The molecule has 0 radical (unpaired) electrons. The van der Waals surface area contributed by atoms with Crippen molar-refractivity contribution in [3.05, 3.63) is 65.0 Å². The Morgan fingerprint density at radius 2 is 1.75 bits per heavy atom. The fraction of sp³-hybridized carbons (Fsp3) is 0.235. The van der Waals surface area contributed by atoms with Crippen molar-refractivity contribution in [3.8, 4) is 0 Å². The van der Waals surface area contributed by atoms with Crippen LogP contribution in [0.3, 0.4) is 0 Å². The van der Waals surface area contributed by atoms with Gasteiger partial charge in [-0.15, -0.1) is 0 Å². The number of imidazole rings is 1. The molecule has 1 aliphatic heterocycles. The minimum atomic E-state index is -1.21. The summed E-state index contributed by atoms with van der Waals surface area (Å²) >= 11 is 0. The number of hydrogen-bond acceptors (Lipinski definition) is 1. The minimum Gasteiger partial charge on any atom is -0.353 e. The van der Waals surface area contributed by atoms with E-state index < -0.39 is 23.4 Å². The summed E-state index contributed by atoms with van der Waals surface area (Å²) in [6.45, 7) is 0.401. The molecule has 3 N–H and O–H groups in total. The van der Waals surface area contributed by atoms with E-state index in [0.717, 1.165) is 6.07 Å². The van der Waals surface area contributed by atoms with Crippen LogP contribution in [0.1, 0.15) is 17.3 Å². The Kier molecular flexibility index (Phi) is 3.35. The molecular formula is C17H14F4N3+. The smallest absolute Gasteiger partial charge is 0.161 e. The zero-order valence-electron chi connectivity index (χ0n) is 12.6. The van der Waals surface area contributed by atoms with Gasteiger partial charge in [0.25, 0.3) is 0 Å². The predicted octanol–water partition coefficient (Wildman–Crippen LogP) is 2.54. The fourth-order valence-corrected chi connectivity index (χ4v) is 3.42. The van der Waals surface area contributed by atoms with Crippen molar-refractivity contribution in [1.82, 2.24) is 9.55 Å². The minimum absolute atomic E-state index is 0.0957. The summed E-state index contributed by atoms with van der Waals surface area (Å²) in [6.07, 6.45) is 0.326. The zero-order chi connectivity index (χ0) is 17.0. The van der Waals surface area contributed by atoms with Crippen LogP contribution >= 0.6 is 0 Å². The normalized spacial score (nSPS) is 20.4. The van der Waals surface area contributed by atoms with Crippen molar-refractivity contribution in [2.24, 2.45) is 0 Å². The van der Waals surface area contributed by atoms with Gasteiger partial charge in [-0.25, -0.2) is 22.5 Å². The lowest BCUT2D eigenvalue weighted by Crippen LogP contribution is -2.67. The first kappa shape index (κ1) is 15.1. The topological polar surface area (TPSA) is 45.5 Å². The molecule has 4 rings (SSSR count). The van der Waals surface area contributed by atoms with Crippen molar-refractivity contribution >= 4 is 11.0 Å². The number of nitrogens with zero attached hydrogens (tertiary/aromatic N) is 2. The van der Waals surface area contributed by atoms with E-state index in [2.05, 4.69) is 10.7 Å². The molecule has 7 heteroatoms. The predicted molar refractivity (Wildman–Crippen MR) is 79.1 cm³/mol. The van der Waals surface area contributed by atoms with E-state index in [1.807, 2.05) is 4.57 Å². The average Bonchev–Trinajstić information content (AvgIpc) is 2.87. The van der Waals surface area contributed by atoms with Crippen molar-refractivity contribution in [1.29, 1.82) is 0 Å². The molecule has 3 nitrogen and oxygen atoms in total. The lowest BCUT2D eigenvalue weighted by Gasteiger charge is -2.28. The van der Waals surface area contributed by atoms with E-state index in [0.29, 0.717) is 35.9 Å². The average molecular weight is 336 g/mol. The SMILES string of the molecule is [NH3+][C@H]1Cn2c(nc3ccc(F)cc32)C[C@@H]1c1cc(F)c(F)cc1F. The van der Waals surface area contributed by atoms with Crippen LogP contribution in [0.15, 0.2) is 30.3 Å². The maximum atomic E-state index is 14.1. The second-order valence-corrected chi connectivity index (χ2v) is 6.13. The Labute approximate surface area is 134 Å². The van der Waals surface area contributed by atoms with Crippen LogP contribution in [0.2, 0.25) is 0 Å². The molecule has 2 atom stereocenters. The second-order valence-electron chi connectivity index (χ2n) is 6.13. The van der Waals surface area contributed by atoms with Crippen LogP contribution in [0.5, 0.6) is 0 Å². The third-order valence-electron chi connectivity index (χ3n) is 4.62. The number of quaternary nitrogens is 1. The number of halogens is 4. The van der Waals surface area contributed by atoms with Crippen LogP contribution in [-0.4, -0.2) is 15.6 Å². The molecule has 124 valence electrons. The first-order chi connectivity index (χ1) is 11.4. The van der Waals surface area contributed by atoms with E-state index in [4.69, 9.17) is 0 Å². The molecule has 24 heavy (non-hydrogen) atoms. The van der Waals surface area contributed by atoms with Crippen molar-refractivity contribution in [3.63, 3.8) is 0 Å². The van der Waals surface area contributed by atoms with E-state index in [1.165, 1.54) is 12.1 Å². The highest BCUT2D eigenvalue weighted by molar-refractivity contribution is 5.76. The third-order valence-corrected chi connectivity index (χ3v) is 4.62. The lowest BCUT2D eigenvalue weighted by molar-refractivity contribution is -0.430. The van der Waals surface area contributed by atoms with Crippen LogP contribution in [0, 0.1) is 23.3 Å². The van der Waals surface area contributed by atoms with Crippen molar-refractivity contribution < 1.29 is 23.3 Å². The quantitative estimate of drug-likeness (QED) is 0.539. The highest BCUT2D eigenvalue weighted by Gasteiger charge is 2.34. The molecular weight excluding hydrogens is 322 g/mol. The largest absolute Gasteiger partial charge is 0.353 e. The molecule has 0 saturated heterocycles. The van der Waals surface area contributed by atoms with Gasteiger partial charge in [-0.3, -0.25) is 0 Å². The van der Waals surface area contributed by atoms with Gasteiger partial charge in [0, 0.05) is 24.0 Å². The van der Waals surface area contributed by atoms with Gasteiger partial charge in [-0.1, -0.05) is 0 Å². The third kappa shape index (κ3) is 2.27. The maximum Gasteiger partial charge on any atom is 0.161 e. The van der Waals surface area contributed by atoms with Gasteiger partial charge in [0.1, 0.15) is 23.5 Å². The Balaban J connectivity index is 1.80. The van der Waals surface area contributed by atoms with Crippen LogP contribution in [-0.2, 0) is 13.0 Å². The van der Waals surface area contributed by atoms with Gasteiger partial charge in [-0.05, 0) is 24.3 Å². The van der Waals surface area contributed by atoms with E-state index in [9.17, 15) is 17.6 Å². The standard InChI is InChI=1S/C17H13F4N3/c18-8-1-2-15-16(3-8)24-7-14(22)10(5-17(24)23-15)9-4-12(20)13(21)6-11(9)19/h1-4,6,10,14H,5,7,22H2/p+1/t10-,14+/m1/s1. The first-order valence-electron chi connectivity index (χ1n) is 7.56. The summed E-state index contributed by atoms with van der Waals surface area (Å²) < 4.78 is 56.1. The molecule has 0 unspecified atom stereocenters. The number of hydrogen-bond donors (Lipinski definition) is 1. The van der Waals surface area contributed by atoms with E-state index in [-0.39, 0.29) is 17.4 Å². The summed E-state index contributed by atoms with van der Waals surface area (Å²) in [5.74, 6) is -3.21. The highest BCUT2D eigenvalue weighted by Crippen LogP contribution is 2.33. The number of benzene rings is 2. The monoisotopic (exact) mass is 336 g/mol.